The molecule has 0 radical (unpaired) electrons. The van der Waals surface area contributed by atoms with Gasteiger partial charge < -0.3 is 19.3 Å². The lowest BCUT2D eigenvalue weighted by Gasteiger charge is -2.34. The second kappa shape index (κ2) is 10.1. The highest BCUT2D eigenvalue weighted by atomic mass is 16.5. The molecule has 2 aromatic carbocycles. The van der Waals surface area contributed by atoms with Crippen LogP contribution in [0.5, 0.6) is 11.5 Å². The Morgan fingerprint density at radius 2 is 1.86 bits per heavy atom. The van der Waals surface area contributed by atoms with Gasteiger partial charge in [-0.05, 0) is 62.3 Å². The fourth-order valence-corrected chi connectivity index (χ4v) is 3.49. The lowest BCUT2D eigenvalue weighted by atomic mass is 10.0. The lowest BCUT2D eigenvalue weighted by molar-refractivity contribution is -0.127. The standard InChI is InChI=1S/C24H30N2O3/c1-25-15-13-21(14-16-25)26(2)24(27)12-10-19-9-11-22(23(17-19)28-3)29-18-20-7-5-4-6-8-20/h4-12,17,21H,13-16,18H2,1-3H3/b12-10+. The zero-order chi connectivity index (χ0) is 20.6. The topological polar surface area (TPSA) is 42.0 Å². The zero-order valence-electron chi connectivity index (χ0n) is 17.5. The van der Waals surface area contributed by atoms with Crippen molar-refractivity contribution in [1.82, 2.24) is 9.80 Å². The molecule has 0 unspecified atom stereocenters. The van der Waals surface area contributed by atoms with Gasteiger partial charge in [-0.3, -0.25) is 4.79 Å². The third kappa shape index (κ3) is 5.84. The number of likely N-dealkylation sites (tertiary alicyclic amines) is 1. The number of likely N-dealkylation sites (N-methyl/N-ethyl adjacent to an activating group) is 1. The molecule has 29 heavy (non-hydrogen) atoms. The van der Waals surface area contributed by atoms with Gasteiger partial charge in [0.05, 0.1) is 7.11 Å². The van der Waals surface area contributed by atoms with Crippen molar-refractivity contribution in [3.05, 3.63) is 65.7 Å². The largest absolute Gasteiger partial charge is 0.493 e. The number of benzene rings is 2. The van der Waals surface area contributed by atoms with E-state index in [1.54, 1.807) is 13.2 Å². The van der Waals surface area contributed by atoms with Crippen molar-refractivity contribution in [3.63, 3.8) is 0 Å². The van der Waals surface area contributed by atoms with Gasteiger partial charge >= 0.3 is 0 Å². The molecule has 0 bridgehead atoms. The first-order valence-corrected chi connectivity index (χ1v) is 10.0. The molecule has 1 saturated heterocycles. The van der Waals surface area contributed by atoms with Gasteiger partial charge in [-0.15, -0.1) is 0 Å². The Kier molecular flexibility index (Phi) is 7.30. The number of hydrogen-bond donors (Lipinski definition) is 0. The van der Waals surface area contributed by atoms with Crippen molar-refractivity contribution in [1.29, 1.82) is 0 Å². The summed E-state index contributed by atoms with van der Waals surface area (Å²) >= 11 is 0. The van der Waals surface area contributed by atoms with E-state index in [0.29, 0.717) is 24.1 Å². The van der Waals surface area contributed by atoms with Crippen LogP contribution in [0.3, 0.4) is 0 Å². The first-order valence-electron chi connectivity index (χ1n) is 10.0. The highest BCUT2D eigenvalue weighted by Gasteiger charge is 2.22. The van der Waals surface area contributed by atoms with Gasteiger partial charge in [0.1, 0.15) is 6.61 Å². The maximum atomic E-state index is 12.5. The summed E-state index contributed by atoms with van der Waals surface area (Å²) in [5.41, 5.74) is 2.00. The van der Waals surface area contributed by atoms with Crippen LogP contribution in [0.1, 0.15) is 24.0 Å². The Hall–Kier alpha value is -2.79. The fourth-order valence-electron chi connectivity index (χ4n) is 3.49. The summed E-state index contributed by atoms with van der Waals surface area (Å²) in [6, 6.07) is 16.0. The normalized spacial score (nSPS) is 15.4. The van der Waals surface area contributed by atoms with E-state index in [4.69, 9.17) is 9.47 Å². The molecule has 0 saturated carbocycles. The summed E-state index contributed by atoms with van der Waals surface area (Å²) in [6.45, 7) is 2.55. The minimum atomic E-state index is 0.0305. The smallest absolute Gasteiger partial charge is 0.246 e. The lowest BCUT2D eigenvalue weighted by Crippen LogP contribution is -2.43. The Labute approximate surface area is 173 Å². The van der Waals surface area contributed by atoms with E-state index in [9.17, 15) is 4.79 Å². The molecule has 0 aromatic heterocycles. The molecular formula is C24H30N2O3. The quantitative estimate of drug-likeness (QED) is 0.669. The monoisotopic (exact) mass is 394 g/mol. The van der Waals surface area contributed by atoms with Gasteiger partial charge in [0.25, 0.3) is 0 Å². The molecule has 0 atom stereocenters. The van der Waals surface area contributed by atoms with Gasteiger partial charge in [0.15, 0.2) is 11.5 Å². The number of piperidine rings is 1. The van der Waals surface area contributed by atoms with Crippen LogP contribution in [0.15, 0.2) is 54.6 Å². The van der Waals surface area contributed by atoms with Crippen LogP contribution in [0.2, 0.25) is 0 Å². The minimum absolute atomic E-state index is 0.0305. The second-order valence-electron chi connectivity index (χ2n) is 7.50. The fraction of sp³-hybridized carbons (Fsp3) is 0.375. The Morgan fingerprint density at radius 1 is 1.14 bits per heavy atom. The molecule has 1 fully saturated rings. The predicted octanol–water partition coefficient (Wildman–Crippen LogP) is 3.84. The number of rotatable bonds is 7. The minimum Gasteiger partial charge on any atom is -0.493 e. The Balaban J connectivity index is 1.60. The summed E-state index contributed by atoms with van der Waals surface area (Å²) in [4.78, 5) is 16.7. The molecule has 154 valence electrons. The van der Waals surface area contributed by atoms with Gasteiger partial charge in [0.2, 0.25) is 5.91 Å². The van der Waals surface area contributed by atoms with Crippen LogP contribution in [0.4, 0.5) is 0 Å². The molecule has 3 rings (SSSR count). The van der Waals surface area contributed by atoms with E-state index in [2.05, 4.69) is 11.9 Å². The van der Waals surface area contributed by atoms with Gasteiger partial charge in [-0.2, -0.15) is 0 Å². The summed E-state index contributed by atoms with van der Waals surface area (Å²) in [5, 5.41) is 0. The average Bonchev–Trinajstić information content (AvgIpc) is 2.77. The van der Waals surface area contributed by atoms with E-state index >= 15 is 0 Å². The summed E-state index contributed by atoms with van der Waals surface area (Å²) in [6.07, 6.45) is 5.51. The summed E-state index contributed by atoms with van der Waals surface area (Å²) < 4.78 is 11.4. The van der Waals surface area contributed by atoms with Crippen molar-refractivity contribution < 1.29 is 14.3 Å². The van der Waals surface area contributed by atoms with E-state index in [0.717, 1.165) is 37.1 Å². The SMILES string of the molecule is COc1cc(/C=C/C(=O)N(C)C2CCN(C)CC2)ccc1OCc1ccccc1. The van der Waals surface area contributed by atoms with Crippen LogP contribution in [0.25, 0.3) is 6.08 Å². The second-order valence-corrected chi connectivity index (χ2v) is 7.50. The number of methoxy groups -OCH3 is 1. The number of carbonyl (C=O) groups is 1. The van der Waals surface area contributed by atoms with Crippen LogP contribution in [-0.2, 0) is 11.4 Å². The number of carbonyl (C=O) groups excluding carboxylic acids is 1. The summed E-state index contributed by atoms with van der Waals surface area (Å²) in [7, 11) is 5.64. The molecule has 2 aromatic rings. The maximum Gasteiger partial charge on any atom is 0.246 e. The first kappa shape index (κ1) is 20.9. The molecule has 1 amide bonds. The van der Waals surface area contributed by atoms with Crippen LogP contribution in [-0.4, -0.2) is 56.0 Å². The number of hydrogen-bond acceptors (Lipinski definition) is 4. The highest BCUT2D eigenvalue weighted by molar-refractivity contribution is 5.91. The summed E-state index contributed by atoms with van der Waals surface area (Å²) in [5.74, 6) is 1.37. The number of amides is 1. The zero-order valence-corrected chi connectivity index (χ0v) is 17.5. The molecule has 5 nitrogen and oxygen atoms in total. The maximum absolute atomic E-state index is 12.5. The highest BCUT2D eigenvalue weighted by Crippen LogP contribution is 2.29. The molecule has 0 spiro atoms. The molecule has 1 heterocycles. The van der Waals surface area contributed by atoms with Crippen molar-refractivity contribution >= 4 is 12.0 Å². The van der Waals surface area contributed by atoms with Crippen molar-refractivity contribution in [3.8, 4) is 11.5 Å². The predicted molar refractivity (Wildman–Crippen MR) is 116 cm³/mol. The average molecular weight is 395 g/mol. The van der Waals surface area contributed by atoms with E-state index in [1.807, 2.05) is 66.6 Å². The third-order valence-electron chi connectivity index (χ3n) is 5.43. The van der Waals surface area contributed by atoms with Crippen LogP contribution < -0.4 is 9.47 Å². The Bertz CT molecular complexity index is 827. The molecule has 5 heteroatoms. The Morgan fingerprint density at radius 3 is 2.55 bits per heavy atom. The molecular weight excluding hydrogens is 364 g/mol. The first-order chi connectivity index (χ1) is 14.1. The molecule has 0 N–H and O–H groups in total. The number of ether oxygens (including phenoxy) is 2. The molecule has 1 aliphatic rings. The third-order valence-corrected chi connectivity index (χ3v) is 5.43. The van der Waals surface area contributed by atoms with E-state index in [1.165, 1.54) is 0 Å². The van der Waals surface area contributed by atoms with E-state index in [-0.39, 0.29) is 5.91 Å². The molecule has 0 aliphatic carbocycles. The van der Waals surface area contributed by atoms with Gasteiger partial charge in [-0.25, -0.2) is 0 Å². The van der Waals surface area contributed by atoms with Crippen molar-refractivity contribution in [2.45, 2.75) is 25.5 Å². The van der Waals surface area contributed by atoms with Crippen LogP contribution in [0, 0.1) is 0 Å². The molecule has 1 aliphatic heterocycles. The van der Waals surface area contributed by atoms with Crippen molar-refractivity contribution in [2.24, 2.45) is 0 Å². The van der Waals surface area contributed by atoms with Gasteiger partial charge in [-0.1, -0.05) is 36.4 Å². The van der Waals surface area contributed by atoms with Crippen molar-refractivity contribution in [2.75, 3.05) is 34.3 Å². The van der Waals surface area contributed by atoms with E-state index < -0.39 is 0 Å². The number of nitrogens with zero attached hydrogens (tertiary/aromatic N) is 2. The van der Waals surface area contributed by atoms with Crippen LogP contribution >= 0.6 is 0 Å². The van der Waals surface area contributed by atoms with Gasteiger partial charge in [0, 0.05) is 19.2 Å².